The van der Waals surface area contributed by atoms with Crippen LogP contribution in [0.5, 0.6) is 0 Å². The van der Waals surface area contributed by atoms with Crippen LogP contribution in [0.3, 0.4) is 0 Å². The molecule has 0 aromatic heterocycles. The number of nitrogens with zero attached hydrogens (tertiary/aromatic N) is 2. The van der Waals surface area contributed by atoms with Crippen molar-refractivity contribution in [3.8, 4) is 0 Å². The number of anilines is 2. The summed E-state index contributed by atoms with van der Waals surface area (Å²) in [5, 5.41) is 25.1. The Hall–Kier alpha value is -2.50. The maximum atomic E-state index is 12.8. The van der Waals surface area contributed by atoms with Crippen LogP contribution in [-0.2, 0) is 10.0 Å². The Kier molecular flexibility index (Phi) is 5.29. The molecule has 28 heavy (non-hydrogen) atoms. The maximum absolute atomic E-state index is 12.8. The van der Waals surface area contributed by atoms with Crippen LogP contribution < -0.4 is 21.1 Å². The number of quaternary nitrogens is 1. The van der Waals surface area contributed by atoms with Gasteiger partial charge in [-0.2, -0.15) is 4.31 Å². The molecule has 2 heterocycles. The molecule has 9 nitrogen and oxygen atoms in total. The van der Waals surface area contributed by atoms with E-state index in [0.717, 1.165) is 13.0 Å². The number of guanidine groups is 1. The number of para-hydroxylation sites is 1. The monoisotopic (exact) mass is 402 g/mol. The first-order valence-electron chi connectivity index (χ1n) is 9.11. The third kappa shape index (κ3) is 3.86. The van der Waals surface area contributed by atoms with Gasteiger partial charge >= 0.3 is 0 Å². The summed E-state index contributed by atoms with van der Waals surface area (Å²) >= 11 is 0. The molecule has 148 valence electrons. The van der Waals surface area contributed by atoms with Crippen LogP contribution in [0.25, 0.3) is 0 Å². The van der Waals surface area contributed by atoms with E-state index >= 15 is 0 Å². The third-order valence-corrected chi connectivity index (χ3v) is 6.59. The second-order valence-electron chi connectivity index (χ2n) is 6.59. The molecule has 0 radical (unpaired) electrons. The Morgan fingerprint density at radius 1 is 1.07 bits per heavy atom. The molecule has 0 amide bonds. The van der Waals surface area contributed by atoms with E-state index in [2.05, 4.69) is 21.1 Å². The fourth-order valence-corrected chi connectivity index (χ4v) is 4.69. The van der Waals surface area contributed by atoms with E-state index in [-0.39, 0.29) is 10.1 Å². The van der Waals surface area contributed by atoms with Crippen molar-refractivity contribution in [1.82, 2.24) is 9.62 Å². The van der Waals surface area contributed by atoms with Gasteiger partial charge < -0.3 is 21.2 Å². The van der Waals surface area contributed by atoms with E-state index in [9.17, 15) is 13.6 Å². The van der Waals surface area contributed by atoms with E-state index in [1.807, 2.05) is 6.07 Å². The predicted molar refractivity (Wildman–Crippen MR) is 108 cm³/mol. The average Bonchev–Trinajstić information content (AvgIpc) is 2.99. The molecule has 2 aliphatic rings. The molecule has 2 aromatic carbocycles. The predicted octanol–water partition coefficient (Wildman–Crippen LogP) is 0.493. The van der Waals surface area contributed by atoms with Crippen molar-refractivity contribution in [3.05, 3.63) is 53.7 Å². The van der Waals surface area contributed by atoms with Crippen LogP contribution in [0.4, 0.5) is 17.1 Å². The van der Waals surface area contributed by atoms with Gasteiger partial charge in [0, 0.05) is 31.4 Å². The first-order chi connectivity index (χ1) is 13.5. The minimum Gasteiger partial charge on any atom is -0.601 e. The number of nitrogens with one attached hydrogen (secondary N) is 4. The lowest BCUT2D eigenvalue weighted by molar-refractivity contribution is -0.783. The fraction of sp³-hybridized carbons (Fsp3) is 0.278. The summed E-state index contributed by atoms with van der Waals surface area (Å²) in [5.41, 5.74) is 1.83. The number of hydrogen-bond acceptors (Lipinski definition) is 7. The molecule has 0 aliphatic carbocycles. The summed E-state index contributed by atoms with van der Waals surface area (Å²) in [6.45, 7) is 2.45. The van der Waals surface area contributed by atoms with Gasteiger partial charge in [-0.05, 0) is 48.4 Å². The Bertz CT molecular complexity index is 969. The van der Waals surface area contributed by atoms with Crippen LogP contribution in [0.15, 0.2) is 58.5 Å². The highest BCUT2D eigenvalue weighted by Crippen LogP contribution is 2.21. The zero-order chi connectivity index (χ0) is 19.6. The summed E-state index contributed by atoms with van der Waals surface area (Å²) in [6.07, 6.45) is 0.792. The van der Waals surface area contributed by atoms with Crippen molar-refractivity contribution in [2.45, 2.75) is 11.3 Å². The van der Waals surface area contributed by atoms with Gasteiger partial charge in [-0.25, -0.2) is 13.6 Å². The van der Waals surface area contributed by atoms with Gasteiger partial charge in [-0.15, -0.1) is 0 Å². The molecule has 4 rings (SSSR count). The SMILES string of the molecule is O=S(=O)(c1ccc(NC2=N[NH+]([O-])c3ccccc3N2)cc1)N1CCCNCC1. The van der Waals surface area contributed by atoms with Crippen LogP contribution >= 0.6 is 0 Å². The minimum absolute atomic E-state index is 0.250. The highest BCUT2D eigenvalue weighted by atomic mass is 32.2. The van der Waals surface area contributed by atoms with Gasteiger partial charge in [0.15, 0.2) is 5.69 Å². The van der Waals surface area contributed by atoms with Crippen molar-refractivity contribution in [1.29, 1.82) is 0 Å². The van der Waals surface area contributed by atoms with Crippen molar-refractivity contribution in [2.24, 2.45) is 5.10 Å². The molecule has 0 spiro atoms. The quantitative estimate of drug-likeness (QED) is 0.556. The lowest BCUT2D eigenvalue weighted by Gasteiger charge is -2.25. The minimum atomic E-state index is -3.52. The largest absolute Gasteiger partial charge is 0.601 e. The van der Waals surface area contributed by atoms with Crippen LogP contribution in [0.2, 0.25) is 0 Å². The van der Waals surface area contributed by atoms with Crippen molar-refractivity contribution < 1.29 is 13.6 Å². The Morgan fingerprint density at radius 2 is 1.86 bits per heavy atom. The lowest BCUT2D eigenvalue weighted by atomic mass is 10.2. The van der Waals surface area contributed by atoms with Crippen molar-refractivity contribution >= 4 is 33.0 Å². The van der Waals surface area contributed by atoms with Gasteiger partial charge in [-0.3, -0.25) is 0 Å². The number of hydrogen-bond donors (Lipinski definition) is 4. The topological polar surface area (TPSA) is 113 Å². The van der Waals surface area contributed by atoms with Crippen LogP contribution in [0, 0.1) is 5.21 Å². The number of benzene rings is 2. The summed E-state index contributed by atoms with van der Waals surface area (Å²) in [7, 11) is -3.52. The standard InChI is InChI=1S/C18H22N6O3S/c25-24-17-5-2-1-4-16(17)21-18(22-24)20-14-6-8-15(9-7-14)28(26,27)23-12-3-10-19-11-13-23/h1-2,4-9,19,24H,3,10-13H2,(H2,20,21,22). The zero-order valence-electron chi connectivity index (χ0n) is 15.2. The van der Waals surface area contributed by atoms with Gasteiger partial charge in [0.05, 0.1) is 4.90 Å². The average molecular weight is 402 g/mol. The van der Waals surface area contributed by atoms with E-state index in [4.69, 9.17) is 0 Å². The van der Waals surface area contributed by atoms with E-state index in [0.29, 0.717) is 42.7 Å². The van der Waals surface area contributed by atoms with E-state index in [1.54, 1.807) is 42.5 Å². The first kappa shape index (κ1) is 18.8. The zero-order valence-corrected chi connectivity index (χ0v) is 16.0. The van der Waals surface area contributed by atoms with Gasteiger partial charge in [0.1, 0.15) is 5.69 Å². The van der Waals surface area contributed by atoms with Crippen LogP contribution in [0.1, 0.15) is 6.42 Å². The summed E-state index contributed by atoms with van der Waals surface area (Å²) in [4.78, 5) is 0.250. The molecule has 10 heteroatoms. The normalized spacial score (nSPS) is 20.5. The van der Waals surface area contributed by atoms with Crippen molar-refractivity contribution in [3.63, 3.8) is 0 Å². The fourth-order valence-electron chi connectivity index (χ4n) is 3.21. The van der Waals surface area contributed by atoms with E-state index < -0.39 is 10.0 Å². The molecule has 2 aliphatic heterocycles. The molecular formula is C18H22N6O3S. The Labute approximate surface area is 163 Å². The van der Waals surface area contributed by atoms with Crippen molar-refractivity contribution in [2.75, 3.05) is 36.8 Å². The number of fused-ring (bicyclic) bond motifs is 1. The highest BCUT2D eigenvalue weighted by Gasteiger charge is 2.25. The molecule has 4 N–H and O–H groups in total. The molecule has 2 aromatic rings. The molecule has 1 atom stereocenters. The molecule has 1 unspecified atom stereocenters. The third-order valence-electron chi connectivity index (χ3n) is 4.68. The summed E-state index contributed by atoms with van der Waals surface area (Å²) in [5.74, 6) is 0.304. The second kappa shape index (κ2) is 7.86. The van der Waals surface area contributed by atoms with Gasteiger partial charge in [0.2, 0.25) is 10.0 Å². The molecule has 1 fully saturated rings. The Balaban J connectivity index is 1.48. The molecule has 0 bridgehead atoms. The molecule has 0 saturated carbocycles. The maximum Gasteiger partial charge on any atom is 0.260 e. The molecular weight excluding hydrogens is 380 g/mol. The van der Waals surface area contributed by atoms with Gasteiger partial charge in [0.25, 0.3) is 5.96 Å². The molecule has 1 saturated heterocycles. The lowest BCUT2D eigenvalue weighted by Crippen LogP contribution is -2.98. The number of rotatable bonds is 3. The Morgan fingerprint density at radius 3 is 2.68 bits per heavy atom. The summed E-state index contributed by atoms with van der Waals surface area (Å²) in [6, 6.07) is 13.6. The van der Waals surface area contributed by atoms with Crippen LogP contribution in [-0.4, -0.2) is 44.9 Å². The van der Waals surface area contributed by atoms with E-state index in [1.165, 1.54) is 4.31 Å². The number of sulfonamides is 1. The summed E-state index contributed by atoms with van der Waals surface area (Å²) < 4.78 is 27.1. The smallest absolute Gasteiger partial charge is 0.260 e. The van der Waals surface area contributed by atoms with Gasteiger partial charge in [-0.1, -0.05) is 12.1 Å². The first-order valence-corrected chi connectivity index (χ1v) is 10.5. The highest BCUT2D eigenvalue weighted by molar-refractivity contribution is 7.89. The second-order valence-corrected chi connectivity index (χ2v) is 8.53.